The van der Waals surface area contributed by atoms with Crippen LogP contribution in [0.2, 0.25) is 0 Å². The molecule has 0 saturated heterocycles. The third-order valence-corrected chi connectivity index (χ3v) is 9.20. The first kappa shape index (κ1) is 29.7. The smallest absolute Gasteiger partial charge is 0.309 e. The van der Waals surface area contributed by atoms with Gasteiger partial charge in [-0.25, -0.2) is 0 Å². The molecule has 3 N–H and O–H groups in total. The summed E-state index contributed by atoms with van der Waals surface area (Å²) < 4.78 is 11.7. The van der Waals surface area contributed by atoms with Gasteiger partial charge in [-0.15, -0.1) is 0 Å². The van der Waals surface area contributed by atoms with E-state index in [9.17, 15) is 24.8 Å². The quantitative estimate of drug-likeness (QED) is 0.404. The summed E-state index contributed by atoms with van der Waals surface area (Å²) in [4.78, 5) is 38.5. The van der Waals surface area contributed by atoms with Crippen molar-refractivity contribution in [2.24, 2.45) is 28.6 Å². The van der Waals surface area contributed by atoms with Gasteiger partial charge in [-0.05, 0) is 81.6 Å². The summed E-state index contributed by atoms with van der Waals surface area (Å²) in [6, 6.07) is 4.91. The molecule has 4 atom stereocenters. The molecule has 3 fully saturated rings. The molecule has 3 saturated carbocycles. The molecular weight excluding hydrogens is 510 g/mol. The summed E-state index contributed by atoms with van der Waals surface area (Å²) in [6.07, 6.45) is 5.55. The summed E-state index contributed by atoms with van der Waals surface area (Å²) in [7, 11) is 1.45. The van der Waals surface area contributed by atoms with E-state index >= 15 is 0 Å². The maximum atomic E-state index is 13.6. The number of benzene rings is 1. The van der Waals surface area contributed by atoms with Crippen LogP contribution in [0.15, 0.2) is 12.1 Å². The van der Waals surface area contributed by atoms with E-state index in [0.29, 0.717) is 32.2 Å². The molecule has 218 valence electrons. The fraction of sp³-hybridized carbons (Fsp3) is 0.677. The number of ether oxygens (including phenoxy) is 2. The monoisotopic (exact) mass is 553 g/mol. The van der Waals surface area contributed by atoms with Gasteiger partial charge in [0.15, 0.2) is 0 Å². The Kier molecular flexibility index (Phi) is 8.67. The number of nitriles is 1. The normalized spacial score (nSPS) is 29.4. The maximum absolute atomic E-state index is 13.6. The molecular formula is C31H43N3O6. The van der Waals surface area contributed by atoms with Crippen LogP contribution in [-0.2, 0) is 9.59 Å². The number of rotatable bonds is 9. The molecule has 4 rings (SSSR count). The van der Waals surface area contributed by atoms with E-state index in [2.05, 4.69) is 37.5 Å². The Balaban J connectivity index is 1.50. The van der Waals surface area contributed by atoms with Crippen molar-refractivity contribution in [3.8, 4) is 17.6 Å². The lowest BCUT2D eigenvalue weighted by Crippen LogP contribution is -2.50. The lowest BCUT2D eigenvalue weighted by Gasteiger charge is -2.34. The number of fused-ring (bicyclic) bond motifs is 2. The number of carboxylic acid groups (broad SMARTS) is 1. The molecule has 3 aliphatic rings. The summed E-state index contributed by atoms with van der Waals surface area (Å²) in [5.74, 6) is -0.392. The van der Waals surface area contributed by atoms with Crippen molar-refractivity contribution in [3.63, 3.8) is 0 Å². The van der Waals surface area contributed by atoms with E-state index in [-0.39, 0.29) is 69.8 Å². The minimum Gasteiger partial charge on any atom is -0.496 e. The fourth-order valence-corrected chi connectivity index (χ4v) is 6.61. The first-order valence-electron chi connectivity index (χ1n) is 14.5. The number of amides is 2. The van der Waals surface area contributed by atoms with Crippen molar-refractivity contribution >= 4 is 17.8 Å². The van der Waals surface area contributed by atoms with Gasteiger partial charge in [-0.3, -0.25) is 14.4 Å². The molecule has 3 aliphatic carbocycles. The van der Waals surface area contributed by atoms with Crippen LogP contribution in [-0.4, -0.2) is 48.7 Å². The molecule has 9 heteroatoms. The largest absolute Gasteiger partial charge is 0.496 e. The van der Waals surface area contributed by atoms with Crippen molar-refractivity contribution < 1.29 is 29.0 Å². The van der Waals surface area contributed by atoms with Crippen molar-refractivity contribution in [2.75, 3.05) is 13.7 Å². The maximum Gasteiger partial charge on any atom is 0.309 e. The molecule has 0 aromatic heterocycles. The van der Waals surface area contributed by atoms with Gasteiger partial charge in [0.25, 0.3) is 5.91 Å². The summed E-state index contributed by atoms with van der Waals surface area (Å²) in [6.45, 7) is 8.78. The van der Waals surface area contributed by atoms with E-state index < -0.39 is 11.4 Å². The molecule has 0 spiro atoms. The van der Waals surface area contributed by atoms with E-state index in [1.165, 1.54) is 13.2 Å². The molecule has 1 aromatic carbocycles. The Morgan fingerprint density at radius 2 is 1.77 bits per heavy atom. The molecule has 2 amide bonds. The highest BCUT2D eigenvalue weighted by Crippen LogP contribution is 2.49. The Bertz CT molecular complexity index is 1170. The molecule has 0 aliphatic heterocycles. The highest BCUT2D eigenvalue weighted by molar-refractivity contribution is 5.98. The van der Waals surface area contributed by atoms with Gasteiger partial charge in [0, 0.05) is 18.7 Å². The number of carbonyl (C=O) groups excluding carboxylic acids is 2. The number of nitrogens with one attached hydrogen (secondary N) is 2. The van der Waals surface area contributed by atoms with Crippen molar-refractivity contribution in [1.29, 1.82) is 5.26 Å². The Labute approximate surface area is 237 Å². The topological polar surface area (TPSA) is 138 Å². The first-order chi connectivity index (χ1) is 18.8. The van der Waals surface area contributed by atoms with Crippen LogP contribution < -0.4 is 20.1 Å². The van der Waals surface area contributed by atoms with Crippen LogP contribution in [0, 0.1) is 39.9 Å². The minimum absolute atomic E-state index is 0.00299. The van der Waals surface area contributed by atoms with E-state index in [0.717, 1.165) is 25.7 Å². The number of carboxylic acids is 1. The highest BCUT2D eigenvalue weighted by atomic mass is 16.5. The molecule has 0 heterocycles. The number of hydrogen-bond acceptors (Lipinski definition) is 6. The van der Waals surface area contributed by atoms with Crippen molar-refractivity contribution in [3.05, 3.63) is 23.3 Å². The second-order valence-electron chi connectivity index (χ2n) is 13.3. The van der Waals surface area contributed by atoms with Crippen LogP contribution in [0.25, 0.3) is 0 Å². The van der Waals surface area contributed by atoms with Gasteiger partial charge in [-0.1, -0.05) is 20.8 Å². The summed E-state index contributed by atoms with van der Waals surface area (Å²) in [5, 5.41) is 25.5. The third kappa shape index (κ3) is 6.37. The second-order valence-corrected chi connectivity index (χ2v) is 13.3. The number of nitrogens with zero attached hydrogens (tertiary/aromatic N) is 1. The van der Waals surface area contributed by atoms with E-state index in [1.807, 2.05) is 0 Å². The number of methoxy groups -OCH3 is 1. The van der Waals surface area contributed by atoms with Gasteiger partial charge < -0.3 is 25.2 Å². The number of carbonyl (C=O) groups is 3. The first-order valence-corrected chi connectivity index (χ1v) is 14.5. The fourth-order valence-electron chi connectivity index (χ4n) is 6.61. The van der Waals surface area contributed by atoms with Gasteiger partial charge in [-0.2, -0.15) is 5.26 Å². The van der Waals surface area contributed by atoms with Crippen LogP contribution in [0.1, 0.15) is 95.0 Å². The van der Waals surface area contributed by atoms with Crippen LogP contribution >= 0.6 is 0 Å². The Morgan fingerprint density at radius 1 is 1.10 bits per heavy atom. The van der Waals surface area contributed by atoms with Gasteiger partial charge in [0.2, 0.25) is 5.91 Å². The molecule has 0 radical (unpaired) electrons. The molecule has 0 unspecified atom stereocenters. The van der Waals surface area contributed by atoms with Crippen LogP contribution in [0.5, 0.6) is 11.5 Å². The average Bonchev–Trinajstić information content (AvgIpc) is 3.51. The third-order valence-electron chi connectivity index (χ3n) is 9.20. The van der Waals surface area contributed by atoms with Crippen LogP contribution in [0.3, 0.4) is 0 Å². The Morgan fingerprint density at radius 3 is 2.38 bits per heavy atom. The molecule has 9 nitrogen and oxygen atoms in total. The zero-order valence-electron chi connectivity index (χ0n) is 24.3. The van der Waals surface area contributed by atoms with E-state index in [4.69, 9.17) is 9.47 Å². The minimum atomic E-state index is -0.811. The zero-order chi connectivity index (χ0) is 29.2. The molecule has 1 aromatic rings. The summed E-state index contributed by atoms with van der Waals surface area (Å²) >= 11 is 0. The second kappa shape index (κ2) is 11.7. The standard InChI is InChI=1S/C31H43N3O6/c1-30(2,3)12-13-33-28(36)25-18-6-7-19(14-18)26(25)34-27(35)22-16-23(20(17-32)15-24(22)39-5)40-21-8-10-31(4,11-9-21)29(37)38/h15-16,18-19,21,25-26H,6-14H2,1-5H3,(H,33,36)(H,34,35)(H,37,38)/t18-,19+,21?,25+,26-,31?/m1/s1. The molecule has 40 heavy (non-hydrogen) atoms. The van der Waals surface area contributed by atoms with Gasteiger partial charge in [0.1, 0.15) is 17.6 Å². The Hall–Kier alpha value is -3.28. The highest BCUT2D eigenvalue weighted by Gasteiger charge is 2.51. The number of hydrogen-bond donors (Lipinski definition) is 3. The number of aliphatic carboxylic acids is 1. The lowest BCUT2D eigenvalue weighted by atomic mass is 9.75. The predicted octanol–water partition coefficient (Wildman–Crippen LogP) is 4.68. The van der Waals surface area contributed by atoms with Gasteiger partial charge in [0.05, 0.1) is 35.7 Å². The van der Waals surface area contributed by atoms with Crippen LogP contribution in [0.4, 0.5) is 0 Å². The lowest BCUT2D eigenvalue weighted by molar-refractivity contribution is -0.150. The zero-order valence-corrected chi connectivity index (χ0v) is 24.3. The predicted molar refractivity (Wildman–Crippen MR) is 149 cm³/mol. The summed E-state index contributed by atoms with van der Waals surface area (Å²) in [5.41, 5.74) is -0.165. The average molecular weight is 554 g/mol. The SMILES string of the molecule is COc1cc(C#N)c(OC2CCC(C)(C(=O)O)CC2)cc1C(=O)N[C@@H]1[C@H]2CC[C@H](C2)[C@@H]1C(=O)NCCC(C)(C)C. The molecule has 2 bridgehead atoms. The van der Waals surface area contributed by atoms with E-state index in [1.54, 1.807) is 13.0 Å². The van der Waals surface area contributed by atoms with Crippen molar-refractivity contribution in [2.45, 2.75) is 91.2 Å². The van der Waals surface area contributed by atoms with Crippen molar-refractivity contribution in [1.82, 2.24) is 10.6 Å². The van der Waals surface area contributed by atoms with Gasteiger partial charge >= 0.3 is 5.97 Å².